The van der Waals surface area contributed by atoms with E-state index in [4.69, 9.17) is 4.42 Å². The zero-order chi connectivity index (χ0) is 11.1. The minimum atomic E-state index is 0.736. The molecule has 0 aliphatic carbocycles. The largest absolute Gasteiger partial charge is 0.465 e. The highest BCUT2D eigenvalue weighted by molar-refractivity contribution is 7.99. The Hall–Kier alpha value is -0.410. The molecule has 0 amide bonds. The van der Waals surface area contributed by atoms with Crippen molar-refractivity contribution < 1.29 is 4.42 Å². The fourth-order valence-electron chi connectivity index (χ4n) is 1.34. The van der Waals surface area contributed by atoms with Crippen molar-refractivity contribution in [2.45, 2.75) is 38.5 Å². The molecule has 0 aromatic carbocycles. The Bertz CT molecular complexity index is 272. The predicted octanol–water partition coefficient (Wildman–Crippen LogP) is 3.07. The van der Waals surface area contributed by atoms with Gasteiger partial charge in [-0.25, -0.2) is 0 Å². The Morgan fingerprint density at radius 3 is 2.73 bits per heavy atom. The van der Waals surface area contributed by atoms with Crippen molar-refractivity contribution in [1.29, 1.82) is 0 Å². The quantitative estimate of drug-likeness (QED) is 0.725. The fourth-order valence-corrected chi connectivity index (χ4v) is 1.70. The highest BCUT2D eigenvalue weighted by Crippen LogP contribution is 2.09. The van der Waals surface area contributed by atoms with Crippen LogP contribution in [0.15, 0.2) is 16.5 Å². The predicted molar refractivity (Wildman–Crippen MR) is 67.4 cm³/mol. The molecule has 0 saturated carbocycles. The number of furan rings is 1. The monoisotopic (exact) mass is 227 g/mol. The lowest BCUT2D eigenvalue weighted by atomic mass is 10.3. The molecule has 1 aromatic rings. The lowest BCUT2D eigenvalue weighted by Gasteiger charge is -2.07. The van der Waals surface area contributed by atoms with Gasteiger partial charge in [-0.1, -0.05) is 13.8 Å². The Balaban J connectivity index is 2.14. The molecule has 0 saturated heterocycles. The van der Waals surface area contributed by atoms with Gasteiger partial charge in [-0.15, -0.1) is 0 Å². The Morgan fingerprint density at radius 2 is 2.13 bits per heavy atom. The third-order valence-electron chi connectivity index (χ3n) is 2.50. The summed E-state index contributed by atoms with van der Waals surface area (Å²) in [5, 5.41) is 4.13. The maximum atomic E-state index is 5.60. The van der Waals surface area contributed by atoms with Gasteiger partial charge in [-0.05, 0) is 31.4 Å². The summed E-state index contributed by atoms with van der Waals surface area (Å²) in [6.45, 7) is 6.27. The van der Waals surface area contributed by atoms with E-state index in [9.17, 15) is 0 Å². The smallest absolute Gasteiger partial charge is 0.117 e. The van der Waals surface area contributed by atoms with Crippen molar-refractivity contribution in [3.8, 4) is 0 Å². The molecule has 0 aliphatic rings. The molecule has 15 heavy (non-hydrogen) atoms. The average molecular weight is 227 g/mol. The second-order valence-electron chi connectivity index (χ2n) is 3.73. The zero-order valence-electron chi connectivity index (χ0n) is 9.88. The zero-order valence-corrected chi connectivity index (χ0v) is 10.7. The molecule has 1 rings (SSSR count). The standard InChI is InChI=1S/C12H21NOS/c1-4-11-5-6-12(14-11)9-13-8-7-10(2)15-3/h5-6,10,13H,4,7-9H2,1-3H3. The summed E-state index contributed by atoms with van der Waals surface area (Å²) in [5.74, 6) is 2.12. The van der Waals surface area contributed by atoms with Crippen molar-refractivity contribution >= 4 is 11.8 Å². The normalized spacial score (nSPS) is 13.0. The van der Waals surface area contributed by atoms with Gasteiger partial charge >= 0.3 is 0 Å². The number of thioether (sulfide) groups is 1. The maximum absolute atomic E-state index is 5.60. The SMILES string of the molecule is CCc1ccc(CNCCC(C)SC)o1. The third-order valence-corrected chi connectivity index (χ3v) is 3.54. The van der Waals surface area contributed by atoms with Gasteiger partial charge in [0.05, 0.1) is 6.54 Å². The average Bonchev–Trinajstić information content (AvgIpc) is 2.72. The van der Waals surface area contributed by atoms with Crippen LogP contribution in [0.4, 0.5) is 0 Å². The van der Waals surface area contributed by atoms with E-state index < -0.39 is 0 Å². The molecule has 0 aliphatic heterocycles. The van der Waals surface area contributed by atoms with Crippen LogP contribution in [0.5, 0.6) is 0 Å². The number of nitrogens with one attached hydrogen (secondary N) is 1. The summed E-state index contributed by atoms with van der Waals surface area (Å²) in [6.07, 6.45) is 4.34. The van der Waals surface area contributed by atoms with Gasteiger partial charge in [-0.2, -0.15) is 11.8 Å². The van der Waals surface area contributed by atoms with Gasteiger partial charge in [0.15, 0.2) is 0 Å². The van der Waals surface area contributed by atoms with Crippen molar-refractivity contribution in [2.24, 2.45) is 0 Å². The summed E-state index contributed by atoms with van der Waals surface area (Å²) >= 11 is 1.92. The summed E-state index contributed by atoms with van der Waals surface area (Å²) in [4.78, 5) is 0. The first-order chi connectivity index (χ1) is 7.26. The molecule has 3 heteroatoms. The van der Waals surface area contributed by atoms with E-state index >= 15 is 0 Å². The molecular weight excluding hydrogens is 206 g/mol. The van der Waals surface area contributed by atoms with Gasteiger partial charge in [0, 0.05) is 11.7 Å². The van der Waals surface area contributed by atoms with Crippen LogP contribution in [0.25, 0.3) is 0 Å². The van der Waals surface area contributed by atoms with Crippen LogP contribution in [-0.4, -0.2) is 18.1 Å². The van der Waals surface area contributed by atoms with E-state index in [2.05, 4.69) is 37.6 Å². The van der Waals surface area contributed by atoms with Gasteiger partial charge in [0.1, 0.15) is 11.5 Å². The molecule has 1 unspecified atom stereocenters. The summed E-state index contributed by atoms with van der Waals surface area (Å²) in [7, 11) is 0. The molecule has 1 aromatic heterocycles. The van der Waals surface area contributed by atoms with Gasteiger partial charge in [0.2, 0.25) is 0 Å². The van der Waals surface area contributed by atoms with Crippen LogP contribution in [0.3, 0.4) is 0 Å². The number of hydrogen-bond acceptors (Lipinski definition) is 3. The van der Waals surface area contributed by atoms with E-state index in [1.807, 2.05) is 11.8 Å². The third kappa shape index (κ3) is 4.76. The van der Waals surface area contributed by atoms with Crippen molar-refractivity contribution in [2.75, 3.05) is 12.8 Å². The first-order valence-corrected chi connectivity index (χ1v) is 6.86. The first-order valence-electron chi connectivity index (χ1n) is 5.57. The molecule has 0 bridgehead atoms. The van der Waals surface area contributed by atoms with Crippen LogP contribution < -0.4 is 5.32 Å². The van der Waals surface area contributed by atoms with E-state index in [0.29, 0.717) is 0 Å². The number of rotatable bonds is 7. The Labute approximate surface area is 96.8 Å². The van der Waals surface area contributed by atoms with E-state index in [1.165, 1.54) is 6.42 Å². The summed E-state index contributed by atoms with van der Waals surface area (Å²) in [6, 6.07) is 4.12. The van der Waals surface area contributed by atoms with E-state index in [0.717, 1.165) is 36.3 Å². The van der Waals surface area contributed by atoms with Crippen LogP contribution in [0.1, 0.15) is 31.8 Å². The molecule has 86 valence electrons. The molecule has 0 fully saturated rings. The molecule has 0 spiro atoms. The second kappa shape index (κ2) is 6.96. The van der Waals surface area contributed by atoms with Crippen LogP contribution in [-0.2, 0) is 13.0 Å². The molecular formula is C12H21NOS. The van der Waals surface area contributed by atoms with Gasteiger partial charge < -0.3 is 9.73 Å². The van der Waals surface area contributed by atoms with Crippen LogP contribution in [0.2, 0.25) is 0 Å². The first kappa shape index (κ1) is 12.7. The number of aryl methyl sites for hydroxylation is 1. The van der Waals surface area contributed by atoms with Crippen LogP contribution >= 0.6 is 11.8 Å². The second-order valence-corrected chi connectivity index (χ2v) is 5.01. The lowest BCUT2D eigenvalue weighted by Crippen LogP contribution is -2.17. The summed E-state index contributed by atoms with van der Waals surface area (Å²) in [5.41, 5.74) is 0. The molecule has 0 radical (unpaired) electrons. The summed E-state index contributed by atoms with van der Waals surface area (Å²) < 4.78 is 5.60. The minimum Gasteiger partial charge on any atom is -0.465 e. The van der Waals surface area contributed by atoms with Gasteiger partial charge in [-0.3, -0.25) is 0 Å². The molecule has 1 atom stereocenters. The van der Waals surface area contributed by atoms with E-state index in [1.54, 1.807) is 0 Å². The molecule has 1 heterocycles. The fraction of sp³-hybridized carbons (Fsp3) is 0.667. The number of hydrogen-bond donors (Lipinski definition) is 1. The topological polar surface area (TPSA) is 25.2 Å². The molecule has 2 nitrogen and oxygen atoms in total. The van der Waals surface area contributed by atoms with Crippen molar-refractivity contribution in [1.82, 2.24) is 5.32 Å². The minimum absolute atomic E-state index is 0.736. The van der Waals surface area contributed by atoms with Gasteiger partial charge in [0.25, 0.3) is 0 Å². The van der Waals surface area contributed by atoms with Crippen molar-refractivity contribution in [3.63, 3.8) is 0 Å². The Kier molecular flexibility index (Phi) is 5.88. The van der Waals surface area contributed by atoms with E-state index in [-0.39, 0.29) is 0 Å². The Morgan fingerprint density at radius 1 is 1.40 bits per heavy atom. The molecule has 1 N–H and O–H groups in total. The van der Waals surface area contributed by atoms with Crippen LogP contribution in [0, 0.1) is 0 Å². The highest BCUT2D eigenvalue weighted by atomic mass is 32.2. The maximum Gasteiger partial charge on any atom is 0.117 e. The van der Waals surface area contributed by atoms with Crippen molar-refractivity contribution in [3.05, 3.63) is 23.7 Å². The highest BCUT2D eigenvalue weighted by Gasteiger charge is 2.01. The lowest BCUT2D eigenvalue weighted by molar-refractivity contribution is 0.449.